The average molecular weight is 252 g/mol. The van der Waals surface area contributed by atoms with E-state index in [1.807, 2.05) is 13.8 Å². The lowest BCUT2D eigenvalue weighted by Crippen LogP contribution is -2.21. The molecule has 0 unspecified atom stereocenters. The molecule has 1 heterocycles. The van der Waals surface area contributed by atoms with Crippen molar-refractivity contribution in [1.82, 2.24) is 4.98 Å². The number of carbonyl (C=O) groups is 1. The van der Waals surface area contributed by atoms with Gasteiger partial charge in [0.2, 0.25) is 5.91 Å². The Morgan fingerprint density at radius 3 is 2.88 bits per heavy atom. The maximum Gasteiger partial charge on any atom is 0.229 e. The lowest BCUT2D eigenvalue weighted by molar-refractivity contribution is -0.120. The number of nitrogens with one attached hydrogen (secondary N) is 1. The molecule has 5 heteroatoms. The number of aliphatic hydroxyl groups is 1. The molecule has 2 N–H and O–H groups in total. The minimum atomic E-state index is -0.173. The maximum atomic E-state index is 11.8. The Kier molecular flexibility index (Phi) is 5.67. The molecule has 0 saturated heterocycles. The molecule has 0 aromatic carbocycles. The van der Waals surface area contributed by atoms with Crippen LogP contribution in [0, 0.1) is 17.8 Å². The molecule has 92 valence electrons. The van der Waals surface area contributed by atoms with Gasteiger partial charge in [0, 0.05) is 5.92 Å². The number of amides is 1. The third-order valence-corrected chi connectivity index (χ3v) is 3.21. The number of thiazole rings is 1. The van der Waals surface area contributed by atoms with Gasteiger partial charge in [0.1, 0.15) is 6.61 Å². The highest BCUT2D eigenvalue weighted by molar-refractivity contribution is 7.16. The molecule has 17 heavy (non-hydrogen) atoms. The van der Waals surface area contributed by atoms with E-state index in [2.05, 4.69) is 22.1 Å². The zero-order valence-corrected chi connectivity index (χ0v) is 10.8. The molecule has 0 aliphatic carbocycles. The van der Waals surface area contributed by atoms with E-state index in [1.54, 1.807) is 6.20 Å². The quantitative estimate of drug-likeness (QED) is 0.804. The average Bonchev–Trinajstić information content (AvgIpc) is 2.75. The Labute approximate surface area is 105 Å². The van der Waals surface area contributed by atoms with E-state index in [0.717, 1.165) is 17.7 Å². The third-order valence-electron chi connectivity index (χ3n) is 2.38. The molecule has 0 aliphatic rings. The van der Waals surface area contributed by atoms with Crippen molar-refractivity contribution >= 4 is 22.4 Å². The molecule has 1 amide bonds. The number of rotatable bonds is 4. The summed E-state index contributed by atoms with van der Waals surface area (Å²) in [7, 11) is 0. The second-order valence-electron chi connectivity index (χ2n) is 3.49. The normalized spacial score (nSPS) is 9.88. The van der Waals surface area contributed by atoms with Gasteiger partial charge in [-0.05, 0) is 12.8 Å². The zero-order valence-electron chi connectivity index (χ0n) is 9.99. The number of aromatic nitrogens is 1. The summed E-state index contributed by atoms with van der Waals surface area (Å²) < 4.78 is 0. The predicted octanol–water partition coefficient (Wildman–Crippen LogP) is 1.86. The van der Waals surface area contributed by atoms with Crippen LogP contribution in [0.1, 0.15) is 31.6 Å². The smallest absolute Gasteiger partial charge is 0.229 e. The Morgan fingerprint density at radius 2 is 2.29 bits per heavy atom. The zero-order chi connectivity index (χ0) is 12.7. The van der Waals surface area contributed by atoms with Crippen LogP contribution in [-0.4, -0.2) is 22.6 Å². The van der Waals surface area contributed by atoms with Gasteiger partial charge in [-0.2, -0.15) is 0 Å². The minimum Gasteiger partial charge on any atom is -0.384 e. The molecular weight excluding hydrogens is 236 g/mol. The van der Waals surface area contributed by atoms with Crippen LogP contribution in [0.5, 0.6) is 0 Å². The molecule has 0 atom stereocenters. The van der Waals surface area contributed by atoms with Gasteiger partial charge >= 0.3 is 0 Å². The molecule has 1 aromatic heterocycles. The Bertz CT molecular complexity index is 427. The second-order valence-corrected chi connectivity index (χ2v) is 4.52. The molecule has 4 nitrogen and oxygen atoms in total. The van der Waals surface area contributed by atoms with Crippen molar-refractivity contribution in [2.75, 3.05) is 11.9 Å². The molecule has 1 rings (SSSR count). The first-order chi connectivity index (χ1) is 8.21. The third kappa shape index (κ3) is 4.17. The fourth-order valence-corrected chi connectivity index (χ4v) is 2.08. The molecular formula is C12H16N2O2S. The van der Waals surface area contributed by atoms with Crippen molar-refractivity contribution in [3.8, 4) is 11.8 Å². The summed E-state index contributed by atoms with van der Waals surface area (Å²) in [4.78, 5) is 16.6. The monoisotopic (exact) mass is 252 g/mol. The summed E-state index contributed by atoms with van der Waals surface area (Å²) in [6.45, 7) is 3.81. The second kappa shape index (κ2) is 7.05. The summed E-state index contributed by atoms with van der Waals surface area (Å²) in [5, 5.41) is 11.9. The fourth-order valence-electron chi connectivity index (χ4n) is 1.38. The van der Waals surface area contributed by atoms with Crippen LogP contribution in [0.4, 0.5) is 5.13 Å². The van der Waals surface area contributed by atoms with Gasteiger partial charge in [-0.3, -0.25) is 4.79 Å². The first-order valence-corrected chi connectivity index (χ1v) is 6.39. The summed E-state index contributed by atoms with van der Waals surface area (Å²) >= 11 is 1.31. The van der Waals surface area contributed by atoms with Crippen molar-refractivity contribution in [2.24, 2.45) is 5.92 Å². The van der Waals surface area contributed by atoms with Crippen LogP contribution in [0.2, 0.25) is 0 Å². The number of anilines is 1. The SMILES string of the molecule is CCC(CC)C(=O)Nc1ncc(C#CCO)s1. The Hall–Kier alpha value is -1.38. The van der Waals surface area contributed by atoms with Crippen LogP contribution in [0.15, 0.2) is 6.20 Å². The van der Waals surface area contributed by atoms with E-state index in [9.17, 15) is 4.79 Å². The highest BCUT2D eigenvalue weighted by Crippen LogP contribution is 2.19. The van der Waals surface area contributed by atoms with Gasteiger partial charge in [0.05, 0.1) is 11.1 Å². The predicted molar refractivity (Wildman–Crippen MR) is 68.8 cm³/mol. The lowest BCUT2D eigenvalue weighted by Gasteiger charge is -2.10. The first kappa shape index (κ1) is 13.7. The molecule has 0 aliphatic heterocycles. The van der Waals surface area contributed by atoms with Gasteiger partial charge in [-0.25, -0.2) is 4.98 Å². The molecule has 0 bridgehead atoms. The molecule has 0 spiro atoms. The van der Waals surface area contributed by atoms with Crippen molar-refractivity contribution in [1.29, 1.82) is 0 Å². The van der Waals surface area contributed by atoms with Crippen molar-refractivity contribution in [2.45, 2.75) is 26.7 Å². The van der Waals surface area contributed by atoms with Crippen LogP contribution < -0.4 is 5.32 Å². The van der Waals surface area contributed by atoms with Gasteiger partial charge < -0.3 is 10.4 Å². The minimum absolute atomic E-state index is 0.00557. The highest BCUT2D eigenvalue weighted by Gasteiger charge is 2.15. The fraction of sp³-hybridized carbons (Fsp3) is 0.500. The van der Waals surface area contributed by atoms with Crippen molar-refractivity contribution in [3.05, 3.63) is 11.1 Å². The summed E-state index contributed by atoms with van der Waals surface area (Å²) in [6.07, 6.45) is 3.24. The van der Waals surface area contributed by atoms with Crippen molar-refractivity contribution < 1.29 is 9.90 Å². The number of hydrogen-bond acceptors (Lipinski definition) is 4. The number of hydrogen-bond donors (Lipinski definition) is 2. The highest BCUT2D eigenvalue weighted by atomic mass is 32.1. The standard InChI is InChI=1S/C12H16N2O2S/c1-3-9(4-2)11(16)14-12-13-8-10(17-12)6-5-7-15/h8-9,15H,3-4,7H2,1-2H3,(H,13,14,16). The van der Waals surface area contributed by atoms with Gasteiger partial charge in [-0.15, -0.1) is 0 Å². The van der Waals surface area contributed by atoms with Crippen molar-refractivity contribution in [3.63, 3.8) is 0 Å². The Morgan fingerprint density at radius 1 is 1.59 bits per heavy atom. The maximum absolute atomic E-state index is 11.8. The molecule has 0 radical (unpaired) electrons. The lowest BCUT2D eigenvalue weighted by atomic mass is 10.0. The number of nitrogens with zero attached hydrogens (tertiary/aromatic N) is 1. The van der Waals surface area contributed by atoms with E-state index in [0.29, 0.717) is 5.13 Å². The number of carbonyl (C=O) groups excluding carboxylic acids is 1. The number of aliphatic hydroxyl groups excluding tert-OH is 1. The van der Waals surface area contributed by atoms with E-state index in [1.165, 1.54) is 11.3 Å². The van der Waals surface area contributed by atoms with Crippen LogP contribution in [-0.2, 0) is 4.79 Å². The van der Waals surface area contributed by atoms with E-state index >= 15 is 0 Å². The van der Waals surface area contributed by atoms with Gasteiger partial charge in [0.15, 0.2) is 5.13 Å². The van der Waals surface area contributed by atoms with Crippen LogP contribution in [0.3, 0.4) is 0 Å². The first-order valence-electron chi connectivity index (χ1n) is 5.57. The summed E-state index contributed by atoms with van der Waals surface area (Å²) in [5.74, 6) is 5.33. The summed E-state index contributed by atoms with van der Waals surface area (Å²) in [5.41, 5.74) is 0. The van der Waals surface area contributed by atoms with E-state index in [-0.39, 0.29) is 18.4 Å². The topological polar surface area (TPSA) is 62.2 Å². The van der Waals surface area contributed by atoms with Gasteiger partial charge in [-0.1, -0.05) is 37.0 Å². The molecule has 0 fully saturated rings. The Balaban J connectivity index is 2.63. The van der Waals surface area contributed by atoms with Gasteiger partial charge in [0.25, 0.3) is 0 Å². The van der Waals surface area contributed by atoms with E-state index < -0.39 is 0 Å². The summed E-state index contributed by atoms with van der Waals surface area (Å²) in [6, 6.07) is 0. The van der Waals surface area contributed by atoms with Crippen LogP contribution in [0.25, 0.3) is 0 Å². The van der Waals surface area contributed by atoms with Crippen LogP contribution >= 0.6 is 11.3 Å². The van der Waals surface area contributed by atoms with E-state index in [4.69, 9.17) is 5.11 Å². The molecule has 0 saturated carbocycles. The molecule has 1 aromatic rings. The largest absolute Gasteiger partial charge is 0.384 e.